The molecule has 0 heterocycles. The predicted octanol–water partition coefficient (Wildman–Crippen LogP) is 1.92. The summed E-state index contributed by atoms with van der Waals surface area (Å²) in [5, 5.41) is 0. The van der Waals surface area contributed by atoms with Crippen molar-refractivity contribution in [1.29, 1.82) is 0 Å². The van der Waals surface area contributed by atoms with E-state index in [0.717, 1.165) is 0 Å². The van der Waals surface area contributed by atoms with Crippen molar-refractivity contribution in [3.63, 3.8) is 0 Å². The fourth-order valence-corrected chi connectivity index (χ4v) is 3.38. The van der Waals surface area contributed by atoms with Crippen LogP contribution in [0.1, 0.15) is 6.92 Å². The van der Waals surface area contributed by atoms with Crippen molar-refractivity contribution >= 4 is 21.6 Å². The standard InChI is InChI=1S/C18H17O5S/c1-2-23-18(20)12-11-14-7-6-10-16(14)17(19)13-24(21,22)15-8-4-3-5-9-15/h3-12H,2,13H2,1H3/b12-11+. The lowest BCUT2D eigenvalue weighted by molar-refractivity contribution is -0.137. The summed E-state index contributed by atoms with van der Waals surface area (Å²) in [4.78, 5) is 23.8. The van der Waals surface area contributed by atoms with E-state index >= 15 is 0 Å². The first-order valence-corrected chi connectivity index (χ1v) is 9.01. The van der Waals surface area contributed by atoms with E-state index in [9.17, 15) is 18.0 Å². The molecule has 0 aliphatic heterocycles. The molecule has 0 unspecified atom stereocenters. The number of hydrogen-bond donors (Lipinski definition) is 0. The van der Waals surface area contributed by atoms with Gasteiger partial charge in [0.25, 0.3) is 0 Å². The van der Waals surface area contributed by atoms with Gasteiger partial charge in [-0.25, -0.2) is 13.2 Å². The Labute approximate surface area is 142 Å². The lowest BCUT2D eigenvalue weighted by Gasteiger charge is -2.13. The number of ketones is 1. The summed E-state index contributed by atoms with van der Waals surface area (Å²) in [6.45, 7) is 1.95. The monoisotopic (exact) mass is 345 g/mol. The minimum atomic E-state index is -3.71. The SMILES string of the molecule is CCOC(=O)/C=C/[C]1[CH][CH][CH][C]1C(=O)CS(=O)(=O)c1ccccc1. The Kier molecular flexibility index (Phi) is 6.31. The third kappa shape index (κ3) is 4.77. The van der Waals surface area contributed by atoms with Crippen LogP contribution in [-0.4, -0.2) is 32.5 Å². The highest BCUT2D eigenvalue weighted by Crippen LogP contribution is 2.35. The molecule has 125 valence electrons. The molecule has 0 N–H and O–H groups in total. The van der Waals surface area contributed by atoms with E-state index in [0.29, 0.717) is 5.92 Å². The van der Waals surface area contributed by atoms with Gasteiger partial charge in [0, 0.05) is 12.0 Å². The fraction of sp³-hybridized carbons (Fsp3) is 0.167. The molecule has 1 aromatic rings. The van der Waals surface area contributed by atoms with Gasteiger partial charge in [-0.1, -0.05) is 24.3 Å². The van der Waals surface area contributed by atoms with Crippen molar-refractivity contribution in [2.45, 2.75) is 11.8 Å². The van der Waals surface area contributed by atoms with Crippen LogP contribution >= 0.6 is 0 Å². The first-order chi connectivity index (χ1) is 11.4. The smallest absolute Gasteiger partial charge is 0.330 e. The summed E-state index contributed by atoms with van der Waals surface area (Å²) in [5.74, 6) is -0.922. The Morgan fingerprint density at radius 3 is 2.50 bits per heavy atom. The molecule has 1 aliphatic carbocycles. The third-order valence-corrected chi connectivity index (χ3v) is 4.89. The number of Topliss-reactive ketones (excluding diaryl/α,β-unsaturated/α-hetero) is 1. The molecular formula is C18H17O5S. The van der Waals surface area contributed by atoms with E-state index in [-0.39, 0.29) is 17.4 Å². The van der Waals surface area contributed by atoms with E-state index < -0.39 is 27.3 Å². The van der Waals surface area contributed by atoms with E-state index in [1.54, 1.807) is 38.0 Å². The second-order valence-corrected chi connectivity index (χ2v) is 6.97. The molecule has 1 aromatic carbocycles. The number of esters is 1. The van der Waals surface area contributed by atoms with Gasteiger partial charge in [0.15, 0.2) is 15.6 Å². The number of carbonyl (C=O) groups excluding carboxylic acids is 2. The summed E-state index contributed by atoms with van der Waals surface area (Å²) in [6.07, 6.45) is 7.46. The molecular weight excluding hydrogens is 328 g/mol. The van der Waals surface area contributed by atoms with Crippen LogP contribution in [0, 0.1) is 31.1 Å². The third-order valence-electron chi connectivity index (χ3n) is 3.26. The maximum Gasteiger partial charge on any atom is 0.330 e. The maximum atomic E-state index is 12.4. The average Bonchev–Trinajstić information content (AvgIpc) is 3.02. The van der Waals surface area contributed by atoms with E-state index in [4.69, 9.17) is 4.74 Å². The molecule has 2 rings (SSSR count). The van der Waals surface area contributed by atoms with Crippen LogP contribution in [-0.2, 0) is 24.2 Å². The molecule has 0 bridgehead atoms. The van der Waals surface area contributed by atoms with Gasteiger partial charge in [-0.2, -0.15) is 0 Å². The molecule has 1 aliphatic rings. The molecule has 0 spiro atoms. The fourth-order valence-electron chi connectivity index (χ4n) is 2.14. The topological polar surface area (TPSA) is 77.5 Å². The van der Waals surface area contributed by atoms with Crippen molar-refractivity contribution in [2.75, 3.05) is 12.4 Å². The molecule has 1 saturated carbocycles. The van der Waals surface area contributed by atoms with Gasteiger partial charge in [0.2, 0.25) is 0 Å². The van der Waals surface area contributed by atoms with Crippen LogP contribution in [0.5, 0.6) is 0 Å². The zero-order valence-electron chi connectivity index (χ0n) is 13.1. The Hall–Kier alpha value is -1.95. The van der Waals surface area contributed by atoms with Crippen molar-refractivity contribution in [1.82, 2.24) is 0 Å². The van der Waals surface area contributed by atoms with Crippen LogP contribution in [0.25, 0.3) is 0 Å². The summed E-state index contributed by atoms with van der Waals surface area (Å²) < 4.78 is 29.3. The maximum absolute atomic E-state index is 12.4. The highest BCUT2D eigenvalue weighted by Gasteiger charge is 2.35. The second-order valence-electron chi connectivity index (χ2n) is 4.98. The largest absolute Gasteiger partial charge is 0.463 e. The van der Waals surface area contributed by atoms with E-state index in [1.165, 1.54) is 30.7 Å². The van der Waals surface area contributed by atoms with Gasteiger partial charge >= 0.3 is 5.97 Å². The van der Waals surface area contributed by atoms with Crippen LogP contribution < -0.4 is 0 Å². The van der Waals surface area contributed by atoms with Crippen molar-refractivity contribution in [3.05, 3.63) is 73.6 Å². The molecule has 5 radical (unpaired) electrons. The zero-order chi connectivity index (χ0) is 17.6. The predicted molar refractivity (Wildman–Crippen MR) is 88.7 cm³/mol. The Morgan fingerprint density at radius 1 is 1.12 bits per heavy atom. The van der Waals surface area contributed by atoms with Crippen LogP contribution in [0.2, 0.25) is 0 Å². The minimum Gasteiger partial charge on any atom is -0.463 e. The van der Waals surface area contributed by atoms with Gasteiger partial charge in [0.05, 0.1) is 17.4 Å². The quantitative estimate of drug-likeness (QED) is 0.557. The van der Waals surface area contributed by atoms with Crippen molar-refractivity contribution < 1.29 is 22.7 Å². The Balaban J connectivity index is 2.04. The van der Waals surface area contributed by atoms with E-state index in [2.05, 4.69) is 0 Å². The van der Waals surface area contributed by atoms with Gasteiger partial charge in [0.1, 0.15) is 5.75 Å². The minimum absolute atomic E-state index is 0.105. The first kappa shape index (κ1) is 18.4. The number of ether oxygens (including phenoxy) is 1. The number of hydrogen-bond acceptors (Lipinski definition) is 5. The molecule has 0 amide bonds. The van der Waals surface area contributed by atoms with Gasteiger partial charge in [-0.05, 0) is 38.3 Å². The van der Waals surface area contributed by atoms with Crippen molar-refractivity contribution in [2.24, 2.45) is 0 Å². The molecule has 5 nitrogen and oxygen atoms in total. The summed E-state index contributed by atoms with van der Waals surface area (Å²) >= 11 is 0. The lowest BCUT2D eigenvalue weighted by Crippen LogP contribution is -2.24. The van der Waals surface area contributed by atoms with E-state index in [1.807, 2.05) is 0 Å². The number of benzene rings is 1. The number of rotatable bonds is 7. The average molecular weight is 345 g/mol. The van der Waals surface area contributed by atoms with Crippen LogP contribution in [0.3, 0.4) is 0 Å². The van der Waals surface area contributed by atoms with Crippen LogP contribution in [0.4, 0.5) is 0 Å². The summed E-state index contributed by atoms with van der Waals surface area (Å²) in [7, 11) is -3.71. The summed E-state index contributed by atoms with van der Waals surface area (Å²) in [5.41, 5.74) is 0. The zero-order valence-corrected chi connectivity index (χ0v) is 14.0. The Morgan fingerprint density at radius 2 is 1.83 bits per heavy atom. The number of sulfone groups is 1. The molecule has 0 aromatic heterocycles. The molecule has 0 saturated heterocycles. The van der Waals surface area contributed by atoms with Crippen molar-refractivity contribution in [3.8, 4) is 0 Å². The summed E-state index contributed by atoms with van der Waals surface area (Å²) in [6, 6.07) is 7.82. The van der Waals surface area contributed by atoms with Gasteiger partial charge in [-0.15, -0.1) is 0 Å². The van der Waals surface area contributed by atoms with Gasteiger partial charge < -0.3 is 4.74 Å². The van der Waals surface area contributed by atoms with Gasteiger partial charge in [-0.3, -0.25) is 4.79 Å². The molecule has 6 heteroatoms. The molecule has 0 atom stereocenters. The normalized spacial score (nSPS) is 16.5. The molecule has 24 heavy (non-hydrogen) atoms. The Bertz CT molecular complexity index is 706. The van der Waals surface area contributed by atoms with Crippen LogP contribution in [0.15, 0.2) is 47.4 Å². The first-order valence-electron chi connectivity index (χ1n) is 7.35. The highest BCUT2D eigenvalue weighted by atomic mass is 32.2. The number of carbonyl (C=O) groups is 2. The highest BCUT2D eigenvalue weighted by molar-refractivity contribution is 7.92. The number of allylic oxidation sites excluding steroid dienone is 1. The molecule has 1 fully saturated rings. The lowest BCUT2D eigenvalue weighted by atomic mass is 9.92. The second kappa shape index (κ2) is 8.24.